The van der Waals surface area contributed by atoms with Crippen LogP contribution in [0.25, 0.3) is 0 Å². The largest absolute Gasteiger partial charge is 0.313 e. The monoisotopic (exact) mass is 338 g/mol. The van der Waals surface area contributed by atoms with Crippen molar-refractivity contribution in [3.05, 3.63) is 5.92 Å². The zero-order chi connectivity index (χ0) is 13.2. The van der Waals surface area contributed by atoms with Crippen LogP contribution in [0.4, 0.5) is 0 Å². The summed E-state index contributed by atoms with van der Waals surface area (Å²) in [5.74, 6) is 2.86. The molecule has 0 amide bonds. The quantitative estimate of drug-likeness (QED) is 0.418. The van der Waals surface area contributed by atoms with E-state index in [-0.39, 0.29) is 32.7 Å². The van der Waals surface area contributed by atoms with Crippen molar-refractivity contribution >= 4 is 0 Å². The van der Waals surface area contributed by atoms with Crippen LogP contribution in [-0.2, 0) is 32.7 Å². The molecule has 1 heteroatoms. The second kappa shape index (κ2) is 7.39. The fraction of sp³-hybridized carbons (Fsp3) is 0.944. The molecule has 0 saturated heterocycles. The van der Waals surface area contributed by atoms with E-state index >= 15 is 0 Å². The van der Waals surface area contributed by atoms with E-state index in [0.717, 1.165) is 5.92 Å². The predicted octanol–water partition coefficient (Wildman–Crippen LogP) is 6.16. The van der Waals surface area contributed by atoms with Crippen LogP contribution in [0.1, 0.15) is 91.9 Å². The van der Waals surface area contributed by atoms with Gasteiger partial charge >= 0.3 is 0 Å². The van der Waals surface area contributed by atoms with Gasteiger partial charge in [-0.1, -0.05) is 77.0 Å². The summed E-state index contributed by atoms with van der Waals surface area (Å²) in [4.78, 5) is 0. The second-order valence-corrected chi connectivity index (χ2v) is 8.49. The summed E-state index contributed by atoms with van der Waals surface area (Å²) >= 11 is 0. The molecule has 0 nitrogen and oxygen atoms in total. The third kappa shape index (κ3) is 5.78. The topological polar surface area (TPSA) is 0 Å². The summed E-state index contributed by atoms with van der Waals surface area (Å²) in [5, 5.41) is 0. The smallest absolute Gasteiger partial charge is 0 e. The molecule has 19 heavy (non-hydrogen) atoms. The molecule has 2 aliphatic rings. The Bertz CT molecular complexity index is 271. The Kier molecular flexibility index (Phi) is 7.06. The van der Waals surface area contributed by atoms with Gasteiger partial charge in [0.05, 0.1) is 0 Å². The molecular weight excluding hydrogens is 305 g/mol. The van der Waals surface area contributed by atoms with Gasteiger partial charge in [0.25, 0.3) is 0 Å². The Morgan fingerprint density at radius 2 is 1.79 bits per heavy atom. The van der Waals surface area contributed by atoms with Crippen molar-refractivity contribution in [1.29, 1.82) is 0 Å². The Morgan fingerprint density at radius 1 is 1.05 bits per heavy atom. The van der Waals surface area contributed by atoms with Crippen LogP contribution in [-0.4, -0.2) is 0 Å². The van der Waals surface area contributed by atoms with Gasteiger partial charge in [-0.2, -0.15) is 19.3 Å². The van der Waals surface area contributed by atoms with E-state index in [9.17, 15) is 0 Å². The average Bonchev–Trinajstić information content (AvgIpc) is 2.37. The minimum atomic E-state index is 0. The van der Waals surface area contributed by atoms with Gasteiger partial charge in [-0.25, -0.2) is 0 Å². The van der Waals surface area contributed by atoms with Crippen molar-refractivity contribution < 1.29 is 32.7 Å². The zero-order valence-corrected chi connectivity index (χ0v) is 16.6. The molecule has 109 valence electrons. The van der Waals surface area contributed by atoms with E-state index in [1.165, 1.54) is 64.2 Å². The molecule has 0 bridgehead atoms. The van der Waals surface area contributed by atoms with Crippen LogP contribution in [0, 0.1) is 22.7 Å². The van der Waals surface area contributed by atoms with Crippen LogP contribution in [0.2, 0.25) is 0 Å². The number of hydrogen-bond acceptors (Lipinski definition) is 0. The maximum absolute atomic E-state index is 2.56. The molecule has 2 unspecified atom stereocenters. The number of rotatable bonds is 2. The molecule has 0 heterocycles. The molecule has 0 aromatic rings. The van der Waals surface area contributed by atoms with Crippen molar-refractivity contribution in [2.75, 3.05) is 0 Å². The van der Waals surface area contributed by atoms with Crippen LogP contribution < -0.4 is 0 Å². The van der Waals surface area contributed by atoms with Gasteiger partial charge in [-0.05, 0) is 12.3 Å². The first-order valence-corrected chi connectivity index (χ1v) is 8.22. The normalized spacial score (nSPS) is 36.3. The molecule has 0 aromatic carbocycles. The Morgan fingerprint density at radius 3 is 2.47 bits per heavy atom. The first-order valence-electron chi connectivity index (χ1n) is 8.22. The van der Waals surface area contributed by atoms with E-state index in [1.54, 1.807) is 0 Å². The third-order valence-corrected chi connectivity index (χ3v) is 5.36. The van der Waals surface area contributed by atoms with E-state index in [1.807, 2.05) is 5.92 Å². The molecule has 1 radical (unpaired) electrons. The molecule has 2 atom stereocenters. The summed E-state index contributed by atoms with van der Waals surface area (Å²) in [6.07, 6.45) is 14.5. The van der Waals surface area contributed by atoms with E-state index in [2.05, 4.69) is 27.7 Å². The number of hydrogen-bond donors (Lipinski definition) is 0. The maximum Gasteiger partial charge on any atom is 0 e. The molecule has 0 aliphatic heterocycles. The molecule has 0 N–H and O–H groups in total. The van der Waals surface area contributed by atoms with Crippen molar-refractivity contribution in [3.63, 3.8) is 0 Å². The molecule has 2 fully saturated rings. The SMILES string of the molecule is CC1CCCC(C)(C[C-]2CCCCC(C)(C)C2)C1.[Y]. The van der Waals surface area contributed by atoms with Gasteiger partial charge in [-0.3, -0.25) is 0 Å². The molecule has 2 rings (SSSR count). The van der Waals surface area contributed by atoms with Gasteiger partial charge in [0, 0.05) is 32.7 Å². The fourth-order valence-electron chi connectivity index (χ4n) is 4.67. The van der Waals surface area contributed by atoms with Gasteiger partial charge in [0.2, 0.25) is 0 Å². The van der Waals surface area contributed by atoms with Crippen LogP contribution in [0.5, 0.6) is 0 Å². The first kappa shape index (κ1) is 18.2. The zero-order valence-electron chi connectivity index (χ0n) is 13.7. The summed E-state index contributed by atoms with van der Waals surface area (Å²) in [7, 11) is 0. The standard InChI is InChI=1S/C18H33.Y/c1-15-8-7-11-18(4,12-15)14-16-9-5-6-10-17(2,3)13-16;/h15H,5-14H2,1-4H3;/q-1;. The minimum Gasteiger partial charge on any atom is -0.313 e. The van der Waals surface area contributed by atoms with E-state index in [4.69, 9.17) is 0 Å². The molecule has 0 aromatic heterocycles. The van der Waals surface area contributed by atoms with E-state index < -0.39 is 0 Å². The Hall–Kier alpha value is 1.10. The van der Waals surface area contributed by atoms with Gasteiger partial charge in [-0.15, -0.1) is 0 Å². The predicted molar refractivity (Wildman–Crippen MR) is 80.5 cm³/mol. The van der Waals surface area contributed by atoms with Crippen molar-refractivity contribution in [2.24, 2.45) is 16.7 Å². The maximum atomic E-state index is 2.56. The van der Waals surface area contributed by atoms with Gasteiger partial charge < -0.3 is 5.92 Å². The third-order valence-electron chi connectivity index (χ3n) is 5.36. The molecule has 2 saturated carbocycles. The van der Waals surface area contributed by atoms with E-state index in [0.29, 0.717) is 10.8 Å². The summed E-state index contributed by atoms with van der Waals surface area (Å²) in [5.41, 5.74) is 1.20. The van der Waals surface area contributed by atoms with Crippen LogP contribution in [0.3, 0.4) is 0 Å². The van der Waals surface area contributed by atoms with Crippen molar-refractivity contribution in [2.45, 2.75) is 91.9 Å². The van der Waals surface area contributed by atoms with Crippen molar-refractivity contribution in [1.82, 2.24) is 0 Å². The Labute approximate surface area is 146 Å². The molecule has 0 spiro atoms. The molecule has 2 aliphatic carbocycles. The van der Waals surface area contributed by atoms with Gasteiger partial charge in [0.1, 0.15) is 0 Å². The summed E-state index contributed by atoms with van der Waals surface area (Å²) < 4.78 is 0. The Balaban J connectivity index is 0.00000180. The first-order chi connectivity index (χ1) is 8.39. The minimum absolute atomic E-state index is 0. The summed E-state index contributed by atoms with van der Waals surface area (Å²) in [6.45, 7) is 9.97. The van der Waals surface area contributed by atoms with Crippen molar-refractivity contribution in [3.8, 4) is 0 Å². The second-order valence-electron chi connectivity index (χ2n) is 8.49. The van der Waals surface area contributed by atoms with Gasteiger partial charge in [0.15, 0.2) is 0 Å². The van der Waals surface area contributed by atoms with Crippen LogP contribution >= 0.6 is 0 Å². The van der Waals surface area contributed by atoms with Crippen LogP contribution in [0.15, 0.2) is 0 Å². The average molecular weight is 338 g/mol. The molecular formula is C18H33Y-. The summed E-state index contributed by atoms with van der Waals surface area (Å²) in [6, 6.07) is 0. The fourth-order valence-corrected chi connectivity index (χ4v) is 4.67.